The molecule has 0 aliphatic rings. The second-order valence-corrected chi connectivity index (χ2v) is 3.99. The van der Waals surface area contributed by atoms with Crippen molar-refractivity contribution in [2.75, 3.05) is 6.54 Å². The van der Waals surface area contributed by atoms with Gasteiger partial charge in [0.25, 0.3) is 5.91 Å². The normalized spacial score (nSPS) is 11.4. The number of imide groups is 1. The molecule has 0 aromatic heterocycles. The predicted molar refractivity (Wildman–Crippen MR) is 68.5 cm³/mol. The summed E-state index contributed by atoms with van der Waals surface area (Å²) in [6.45, 7) is 3.12. The fourth-order valence-electron chi connectivity index (χ4n) is 1.38. The molecule has 0 fully saturated rings. The molecule has 2 N–H and O–H groups in total. The van der Waals surface area contributed by atoms with Gasteiger partial charge in [-0.3, -0.25) is 10.1 Å². The molecular formula is C13H14F2N2O4. The number of carbonyl (C=O) groups excluding carboxylic acids is 3. The number of amides is 3. The molecular weight excluding hydrogens is 286 g/mol. The number of benzene rings is 1. The van der Waals surface area contributed by atoms with E-state index in [0.29, 0.717) is 6.54 Å². The minimum Gasteiger partial charge on any atom is -0.449 e. The van der Waals surface area contributed by atoms with Crippen LogP contribution in [0.5, 0.6) is 0 Å². The average Bonchev–Trinajstić information content (AvgIpc) is 2.38. The Morgan fingerprint density at radius 2 is 1.81 bits per heavy atom. The van der Waals surface area contributed by atoms with E-state index < -0.39 is 41.2 Å². The molecule has 0 spiro atoms. The summed E-state index contributed by atoms with van der Waals surface area (Å²) in [6, 6.07) is 2.10. The van der Waals surface area contributed by atoms with Crippen LogP contribution in [0.25, 0.3) is 0 Å². The second-order valence-electron chi connectivity index (χ2n) is 3.99. The zero-order valence-electron chi connectivity index (χ0n) is 11.4. The van der Waals surface area contributed by atoms with Crippen molar-refractivity contribution >= 4 is 17.9 Å². The van der Waals surface area contributed by atoms with Crippen LogP contribution in [-0.4, -0.2) is 30.6 Å². The first-order chi connectivity index (χ1) is 9.86. The molecule has 6 nitrogen and oxygen atoms in total. The lowest BCUT2D eigenvalue weighted by atomic mass is 10.2. The van der Waals surface area contributed by atoms with Gasteiger partial charge in [0.15, 0.2) is 6.10 Å². The van der Waals surface area contributed by atoms with Crippen molar-refractivity contribution in [1.29, 1.82) is 0 Å². The highest BCUT2D eigenvalue weighted by atomic mass is 19.1. The fourth-order valence-corrected chi connectivity index (χ4v) is 1.38. The standard InChI is InChI=1S/C13H14F2N2O4/c1-3-16-13(20)17-11(18)7(2)21-12(19)10-8(14)5-4-6-9(10)15/h4-7H,3H2,1-2H3,(H2,16,17,18,20). The topological polar surface area (TPSA) is 84.5 Å². The van der Waals surface area contributed by atoms with Gasteiger partial charge in [-0.15, -0.1) is 0 Å². The van der Waals surface area contributed by atoms with E-state index in [1.807, 2.05) is 5.32 Å². The second kappa shape index (κ2) is 7.32. The summed E-state index contributed by atoms with van der Waals surface area (Å²) in [6.07, 6.45) is -1.39. The molecule has 1 rings (SSSR count). The zero-order chi connectivity index (χ0) is 16.0. The first kappa shape index (κ1) is 16.5. The van der Waals surface area contributed by atoms with Crippen LogP contribution in [0.3, 0.4) is 0 Å². The number of halogens is 2. The van der Waals surface area contributed by atoms with Crippen molar-refractivity contribution in [3.8, 4) is 0 Å². The van der Waals surface area contributed by atoms with E-state index in [4.69, 9.17) is 0 Å². The van der Waals surface area contributed by atoms with Gasteiger partial charge in [-0.2, -0.15) is 0 Å². The smallest absolute Gasteiger partial charge is 0.344 e. The largest absolute Gasteiger partial charge is 0.449 e. The van der Waals surface area contributed by atoms with E-state index >= 15 is 0 Å². The lowest BCUT2D eigenvalue weighted by molar-refractivity contribution is -0.127. The lowest BCUT2D eigenvalue weighted by Gasteiger charge is -2.13. The zero-order valence-corrected chi connectivity index (χ0v) is 11.4. The van der Waals surface area contributed by atoms with Gasteiger partial charge < -0.3 is 10.1 Å². The van der Waals surface area contributed by atoms with Gasteiger partial charge in [0, 0.05) is 6.54 Å². The number of ether oxygens (including phenoxy) is 1. The minimum atomic E-state index is -1.39. The number of urea groups is 1. The van der Waals surface area contributed by atoms with E-state index in [-0.39, 0.29) is 0 Å². The SMILES string of the molecule is CCNC(=O)NC(=O)C(C)OC(=O)c1c(F)cccc1F. The maximum Gasteiger partial charge on any atom is 0.344 e. The third kappa shape index (κ3) is 4.51. The van der Waals surface area contributed by atoms with E-state index in [1.165, 1.54) is 6.92 Å². The van der Waals surface area contributed by atoms with E-state index in [9.17, 15) is 23.2 Å². The van der Waals surface area contributed by atoms with Crippen molar-refractivity contribution in [3.05, 3.63) is 35.4 Å². The number of nitrogens with one attached hydrogen (secondary N) is 2. The Hall–Kier alpha value is -2.51. The molecule has 0 heterocycles. The van der Waals surface area contributed by atoms with Crippen molar-refractivity contribution in [2.24, 2.45) is 0 Å². The fraction of sp³-hybridized carbons (Fsp3) is 0.308. The monoisotopic (exact) mass is 300 g/mol. The molecule has 0 bridgehead atoms. The van der Waals surface area contributed by atoms with E-state index in [2.05, 4.69) is 10.1 Å². The van der Waals surface area contributed by atoms with Crippen LogP contribution in [0.4, 0.5) is 13.6 Å². The van der Waals surface area contributed by atoms with E-state index in [1.54, 1.807) is 6.92 Å². The van der Waals surface area contributed by atoms with Crippen LogP contribution >= 0.6 is 0 Å². The van der Waals surface area contributed by atoms with Crippen LogP contribution in [0, 0.1) is 11.6 Å². The summed E-state index contributed by atoms with van der Waals surface area (Å²) >= 11 is 0. The lowest BCUT2D eigenvalue weighted by Crippen LogP contribution is -2.44. The molecule has 0 aliphatic carbocycles. The highest BCUT2D eigenvalue weighted by Gasteiger charge is 2.24. The molecule has 0 saturated carbocycles. The predicted octanol–water partition coefficient (Wildman–Crippen LogP) is 1.36. The molecule has 1 atom stereocenters. The molecule has 1 unspecified atom stereocenters. The molecule has 8 heteroatoms. The molecule has 1 aromatic rings. The first-order valence-electron chi connectivity index (χ1n) is 6.10. The summed E-state index contributed by atoms with van der Waals surface area (Å²) in [5, 5.41) is 4.22. The first-order valence-corrected chi connectivity index (χ1v) is 6.10. The van der Waals surface area contributed by atoms with Crippen molar-refractivity contribution in [2.45, 2.75) is 20.0 Å². The maximum absolute atomic E-state index is 13.4. The highest BCUT2D eigenvalue weighted by Crippen LogP contribution is 2.14. The van der Waals surface area contributed by atoms with Gasteiger partial charge in [-0.25, -0.2) is 18.4 Å². The third-order valence-electron chi connectivity index (χ3n) is 2.39. The van der Waals surface area contributed by atoms with Crippen LogP contribution in [0.15, 0.2) is 18.2 Å². The Balaban J connectivity index is 2.70. The molecule has 0 aliphatic heterocycles. The Labute approximate surface area is 119 Å². The summed E-state index contributed by atoms with van der Waals surface area (Å²) in [5.74, 6) is -4.44. The van der Waals surface area contributed by atoms with Crippen molar-refractivity contribution in [3.63, 3.8) is 0 Å². The van der Waals surface area contributed by atoms with Crippen LogP contribution in [-0.2, 0) is 9.53 Å². The summed E-state index contributed by atoms with van der Waals surface area (Å²) in [4.78, 5) is 34.3. The molecule has 0 saturated heterocycles. The van der Waals surface area contributed by atoms with Gasteiger partial charge in [-0.1, -0.05) is 6.07 Å². The van der Waals surface area contributed by atoms with Crippen LogP contribution < -0.4 is 10.6 Å². The Morgan fingerprint density at radius 3 is 2.33 bits per heavy atom. The summed E-state index contributed by atoms with van der Waals surface area (Å²) in [5.41, 5.74) is -0.893. The summed E-state index contributed by atoms with van der Waals surface area (Å²) < 4.78 is 31.3. The van der Waals surface area contributed by atoms with Gasteiger partial charge in [0.2, 0.25) is 0 Å². The number of hydrogen-bond donors (Lipinski definition) is 2. The molecule has 3 amide bonds. The quantitative estimate of drug-likeness (QED) is 0.822. The molecule has 1 aromatic carbocycles. The molecule has 21 heavy (non-hydrogen) atoms. The summed E-state index contributed by atoms with van der Waals surface area (Å²) in [7, 11) is 0. The Bertz CT molecular complexity index is 543. The Morgan fingerprint density at radius 1 is 1.24 bits per heavy atom. The van der Waals surface area contributed by atoms with Gasteiger partial charge >= 0.3 is 12.0 Å². The van der Waals surface area contributed by atoms with Gasteiger partial charge in [-0.05, 0) is 26.0 Å². The van der Waals surface area contributed by atoms with Crippen molar-refractivity contribution in [1.82, 2.24) is 10.6 Å². The van der Waals surface area contributed by atoms with E-state index in [0.717, 1.165) is 18.2 Å². The highest BCUT2D eigenvalue weighted by molar-refractivity contribution is 5.98. The minimum absolute atomic E-state index is 0.299. The molecule has 0 radical (unpaired) electrons. The number of esters is 1. The van der Waals surface area contributed by atoms with Crippen molar-refractivity contribution < 1.29 is 27.9 Å². The van der Waals surface area contributed by atoms with Crippen LogP contribution in [0.2, 0.25) is 0 Å². The number of rotatable bonds is 4. The van der Waals surface area contributed by atoms with Crippen LogP contribution in [0.1, 0.15) is 24.2 Å². The Kier molecular flexibility index (Phi) is 5.77. The molecule has 114 valence electrons. The number of hydrogen-bond acceptors (Lipinski definition) is 4. The van der Waals surface area contributed by atoms with Gasteiger partial charge in [0.05, 0.1) is 0 Å². The maximum atomic E-state index is 13.4. The third-order valence-corrected chi connectivity index (χ3v) is 2.39. The average molecular weight is 300 g/mol. The number of carbonyl (C=O) groups is 3. The van der Waals surface area contributed by atoms with Gasteiger partial charge in [0.1, 0.15) is 17.2 Å².